The molecule has 0 aliphatic carbocycles. The molecule has 2 N–H and O–H groups in total. The van der Waals surface area contributed by atoms with Crippen molar-refractivity contribution >= 4 is 5.91 Å². The molecule has 1 aromatic carbocycles. The summed E-state index contributed by atoms with van der Waals surface area (Å²) < 4.78 is 5.82. The summed E-state index contributed by atoms with van der Waals surface area (Å²) in [7, 11) is 0. The number of hydrogen-bond donors (Lipinski definition) is 2. The molecule has 0 spiro atoms. The molecule has 1 aromatic rings. The zero-order valence-corrected chi connectivity index (χ0v) is 15.2. The van der Waals surface area contributed by atoms with Gasteiger partial charge in [-0.3, -0.25) is 4.79 Å². The predicted octanol–water partition coefficient (Wildman–Crippen LogP) is 3.19. The number of benzene rings is 1. The summed E-state index contributed by atoms with van der Waals surface area (Å²) in [4.78, 5) is 12.5. The van der Waals surface area contributed by atoms with Gasteiger partial charge in [-0.15, -0.1) is 0 Å². The smallest absolute Gasteiger partial charge is 0.260 e. The maximum absolute atomic E-state index is 12.5. The van der Waals surface area contributed by atoms with Crippen molar-refractivity contribution in [3.05, 3.63) is 29.8 Å². The minimum atomic E-state index is -0.503. The Kier molecular flexibility index (Phi) is 5.04. The van der Waals surface area contributed by atoms with Crippen LogP contribution in [0.15, 0.2) is 24.3 Å². The molecular weight excluding hydrogens is 288 g/mol. The summed E-state index contributed by atoms with van der Waals surface area (Å²) >= 11 is 0. The molecule has 23 heavy (non-hydrogen) atoms. The number of ether oxygens (including phenoxy) is 1. The molecule has 1 aliphatic rings. The molecule has 0 bridgehead atoms. The average molecular weight is 318 g/mol. The fraction of sp³-hybridized carbons (Fsp3) is 0.632. The van der Waals surface area contributed by atoms with Gasteiger partial charge in [0.25, 0.3) is 5.91 Å². The molecule has 1 atom stereocenters. The Morgan fingerprint density at radius 1 is 1.22 bits per heavy atom. The predicted molar refractivity (Wildman–Crippen MR) is 93.7 cm³/mol. The van der Waals surface area contributed by atoms with Gasteiger partial charge in [0.05, 0.1) is 0 Å². The lowest BCUT2D eigenvalue weighted by Crippen LogP contribution is -2.62. The van der Waals surface area contributed by atoms with Crippen molar-refractivity contribution in [2.75, 3.05) is 0 Å². The van der Waals surface area contributed by atoms with Gasteiger partial charge in [-0.1, -0.05) is 18.2 Å². The van der Waals surface area contributed by atoms with Crippen LogP contribution in [0.5, 0.6) is 5.75 Å². The van der Waals surface area contributed by atoms with Gasteiger partial charge in [-0.05, 0) is 66.0 Å². The van der Waals surface area contributed by atoms with Crippen molar-refractivity contribution in [3.8, 4) is 5.75 Å². The minimum absolute atomic E-state index is 0.0137. The van der Waals surface area contributed by atoms with Crippen LogP contribution < -0.4 is 15.4 Å². The third-order valence-corrected chi connectivity index (χ3v) is 4.30. The van der Waals surface area contributed by atoms with E-state index >= 15 is 0 Å². The van der Waals surface area contributed by atoms with E-state index in [1.807, 2.05) is 31.2 Å². The summed E-state index contributed by atoms with van der Waals surface area (Å²) in [5.74, 6) is 0.716. The van der Waals surface area contributed by atoms with E-state index in [1.54, 1.807) is 6.92 Å². The van der Waals surface area contributed by atoms with E-state index in [4.69, 9.17) is 4.74 Å². The molecule has 1 aliphatic heterocycles. The van der Waals surface area contributed by atoms with Gasteiger partial charge in [-0.2, -0.15) is 0 Å². The van der Waals surface area contributed by atoms with Crippen LogP contribution in [-0.4, -0.2) is 29.1 Å². The third kappa shape index (κ3) is 4.96. The second-order valence-corrected chi connectivity index (χ2v) is 8.03. The topological polar surface area (TPSA) is 50.4 Å². The van der Waals surface area contributed by atoms with E-state index < -0.39 is 6.10 Å². The highest BCUT2D eigenvalue weighted by Crippen LogP contribution is 2.28. The molecule has 0 unspecified atom stereocenters. The molecule has 128 valence electrons. The van der Waals surface area contributed by atoms with Crippen LogP contribution in [0.2, 0.25) is 0 Å². The fourth-order valence-electron chi connectivity index (χ4n) is 3.68. The number of carbonyl (C=O) groups is 1. The normalized spacial score (nSPS) is 21.5. The van der Waals surface area contributed by atoms with Gasteiger partial charge >= 0.3 is 0 Å². The first-order chi connectivity index (χ1) is 10.6. The lowest BCUT2D eigenvalue weighted by Gasteiger charge is -2.46. The van der Waals surface area contributed by atoms with Crippen molar-refractivity contribution in [3.63, 3.8) is 0 Å². The van der Waals surface area contributed by atoms with Gasteiger partial charge in [0.1, 0.15) is 5.75 Å². The van der Waals surface area contributed by atoms with E-state index in [2.05, 4.69) is 38.3 Å². The van der Waals surface area contributed by atoms with Gasteiger partial charge in [0.15, 0.2) is 6.10 Å². The van der Waals surface area contributed by atoms with Crippen LogP contribution >= 0.6 is 0 Å². The van der Waals surface area contributed by atoms with Gasteiger partial charge in [-0.25, -0.2) is 0 Å². The van der Waals surface area contributed by atoms with Crippen molar-refractivity contribution in [2.24, 2.45) is 0 Å². The van der Waals surface area contributed by atoms with E-state index in [1.165, 1.54) is 0 Å². The van der Waals surface area contributed by atoms with Crippen molar-refractivity contribution in [1.82, 2.24) is 10.6 Å². The van der Waals surface area contributed by atoms with Crippen LogP contribution in [0.3, 0.4) is 0 Å². The van der Waals surface area contributed by atoms with Gasteiger partial charge in [0.2, 0.25) is 0 Å². The standard InChI is InChI=1S/C19H30N2O2/c1-13-9-7-8-10-16(13)23-14(2)17(22)20-15-11-18(3,4)21-19(5,6)12-15/h7-10,14-15,21H,11-12H2,1-6H3,(H,20,22)/t14-/m0/s1. The molecule has 1 amide bonds. The lowest BCUT2D eigenvalue weighted by atomic mass is 9.79. The first kappa shape index (κ1) is 17.8. The van der Waals surface area contributed by atoms with Crippen molar-refractivity contribution in [1.29, 1.82) is 0 Å². The summed E-state index contributed by atoms with van der Waals surface area (Å²) in [6.07, 6.45) is 1.33. The number of amides is 1. The Morgan fingerprint density at radius 2 is 1.78 bits per heavy atom. The Labute approximate surface area is 140 Å². The molecule has 0 aromatic heterocycles. The van der Waals surface area contributed by atoms with Crippen LogP contribution in [-0.2, 0) is 4.79 Å². The number of nitrogens with one attached hydrogen (secondary N) is 2. The second-order valence-electron chi connectivity index (χ2n) is 8.03. The molecule has 4 nitrogen and oxygen atoms in total. The highest BCUT2D eigenvalue weighted by atomic mass is 16.5. The van der Waals surface area contributed by atoms with Gasteiger partial charge < -0.3 is 15.4 Å². The summed E-state index contributed by atoms with van der Waals surface area (Å²) in [5, 5.41) is 6.79. The third-order valence-electron chi connectivity index (χ3n) is 4.30. The Morgan fingerprint density at radius 3 is 2.35 bits per heavy atom. The first-order valence-electron chi connectivity index (χ1n) is 8.40. The first-order valence-corrected chi connectivity index (χ1v) is 8.40. The number of para-hydroxylation sites is 1. The molecule has 0 radical (unpaired) electrons. The van der Waals surface area contributed by atoms with E-state index in [9.17, 15) is 4.79 Å². The molecule has 1 saturated heterocycles. The maximum Gasteiger partial charge on any atom is 0.260 e. The Balaban J connectivity index is 1.97. The van der Waals surface area contributed by atoms with Crippen LogP contribution in [0.25, 0.3) is 0 Å². The van der Waals surface area contributed by atoms with Gasteiger partial charge in [0, 0.05) is 17.1 Å². The molecule has 4 heteroatoms. The minimum Gasteiger partial charge on any atom is -0.481 e. The van der Waals surface area contributed by atoms with E-state index in [-0.39, 0.29) is 23.0 Å². The largest absolute Gasteiger partial charge is 0.481 e. The SMILES string of the molecule is Cc1ccccc1O[C@@H](C)C(=O)NC1CC(C)(C)NC(C)(C)C1. The number of carbonyl (C=O) groups excluding carboxylic acids is 1. The zero-order valence-electron chi connectivity index (χ0n) is 15.2. The summed E-state index contributed by atoms with van der Waals surface area (Å²) in [6.45, 7) is 12.5. The van der Waals surface area contributed by atoms with Crippen molar-refractivity contribution < 1.29 is 9.53 Å². The highest BCUT2D eigenvalue weighted by Gasteiger charge is 2.38. The van der Waals surface area contributed by atoms with E-state index in [0.29, 0.717) is 0 Å². The fourth-order valence-corrected chi connectivity index (χ4v) is 3.68. The summed E-state index contributed by atoms with van der Waals surface area (Å²) in [6, 6.07) is 7.93. The molecule has 2 rings (SSSR count). The Bertz CT molecular complexity index is 550. The average Bonchev–Trinajstić information content (AvgIpc) is 2.37. The molecule has 1 fully saturated rings. The maximum atomic E-state index is 12.5. The number of hydrogen-bond acceptors (Lipinski definition) is 3. The van der Waals surface area contributed by atoms with Crippen LogP contribution in [0.1, 0.15) is 53.0 Å². The zero-order chi connectivity index (χ0) is 17.3. The monoisotopic (exact) mass is 318 g/mol. The van der Waals surface area contributed by atoms with Crippen molar-refractivity contribution in [2.45, 2.75) is 77.6 Å². The lowest BCUT2D eigenvalue weighted by molar-refractivity contribution is -0.128. The highest BCUT2D eigenvalue weighted by molar-refractivity contribution is 5.81. The number of rotatable bonds is 4. The Hall–Kier alpha value is -1.55. The van der Waals surface area contributed by atoms with E-state index in [0.717, 1.165) is 24.2 Å². The molecule has 0 saturated carbocycles. The quantitative estimate of drug-likeness (QED) is 0.896. The number of piperidine rings is 1. The molecule has 1 heterocycles. The number of aryl methyl sites for hydroxylation is 1. The summed E-state index contributed by atoms with van der Waals surface area (Å²) in [5.41, 5.74) is 1.07. The van der Waals surface area contributed by atoms with Crippen LogP contribution in [0, 0.1) is 6.92 Å². The van der Waals surface area contributed by atoms with Crippen LogP contribution in [0.4, 0.5) is 0 Å². The second kappa shape index (κ2) is 6.52. The molecular formula is C19H30N2O2.